The van der Waals surface area contributed by atoms with E-state index in [1.54, 1.807) is 6.08 Å². The van der Waals surface area contributed by atoms with Crippen LogP contribution in [0.2, 0.25) is 0 Å². The monoisotopic (exact) mass is 566 g/mol. The zero-order chi connectivity index (χ0) is 29.2. The van der Waals surface area contributed by atoms with Gasteiger partial charge in [-0.05, 0) is 12.8 Å². The summed E-state index contributed by atoms with van der Waals surface area (Å²) in [4.78, 5) is 0. The van der Waals surface area contributed by atoms with Gasteiger partial charge < -0.3 is 15.9 Å². The van der Waals surface area contributed by atoms with Crippen LogP contribution in [0.1, 0.15) is 206 Å². The van der Waals surface area contributed by atoms with Crippen LogP contribution in [-0.2, 0) is 0 Å². The molecular formula is C37H75NO2. The topological polar surface area (TPSA) is 66.5 Å². The minimum atomic E-state index is -0.724. The van der Waals surface area contributed by atoms with Gasteiger partial charge in [0.25, 0.3) is 0 Å². The highest BCUT2D eigenvalue weighted by molar-refractivity contribution is 4.93. The van der Waals surface area contributed by atoms with Crippen LogP contribution < -0.4 is 5.73 Å². The first kappa shape index (κ1) is 39.6. The van der Waals surface area contributed by atoms with Crippen LogP contribution in [0.5, 0.6) is 0 Å². The van der Waals surface area contributed by atoms with Crippen molar-refractivity contribution >= 4 is 0 Å². The molecule has 40 heavy (non-hydrogen) atoms. The summed E-state index contributed by atoms with van der Waals surface area (Å²) in [6.07, 6.45) is 47.0. The quantitative estimate of drug-likeness (QED) is 0.0537. The number of rotatable bonds is 34. The summed E-state index contributed by atoms with van der Waals surface area (Å²) in [5.41, 5.74) is 5.58. The maximum atomic E-state index is 9.66. The molecule has 0 aliphatic heterocycles. The molecule has 0 aromatic carbocycles. The van der Waals surface area contributed by atoms with Crippen LogP contribution >= 0.6 is 0 Å². The minimum absolute atomic E-state index is 0.175. The minimum Gasteiger partial charge on any atom is -0.395 e. The van der Waals surface area contributed by atoms with Crippen molar-refractivity contribution in [2.45, 2.75) is 218 Å². The fourth-order valence-corrected chi connectivity index (χ4v) is 5.77. The summed E-state index contributed by atoms with van der Waals surface area (Å²) in [5.74, 6) is 0. The third-order valence-electron chi connectivity index (χ3n) is 8.71. The smallest absolute Gasteiger partial charge is 0.0894 e. The molecule has 0 saturated heterocycles. The lowest BCUT2D eigenvalue weighted by molar-refractivity contribution is 0.144. The van der Waals surface area contributed by atoms with Crippen molar-refractivity contribution in [1.82, 2.24) is 0 Å². The van der Waals surface area contributed by atoms with E-state index in [0.29, 0.717) is 0 Å². The molecule has 3 nitrogen and oxygen atoms in total. The standard InChI is InChI=1S/C37H75NO2/c1-2-3-4-5-6-7-8-9-10-11-12-13-14-15-16-17-18-19-20-21-22-23-24-25-26-27-28-29-30-31-32-33-34-37(40)36(38)35-39/h33-34,36-37,39-40H,2-32,35,38H2,1H3/b34-33+/t36-,37+/m0/s1. The van der Waals surface area contributed by atoms with Crippen molar-refractivity contribution in [3.05, 3.63) is 12.2 Å². The maximum Gasteiger partial charge on any atom is 0.0894 e. The second-order valence-electron chi connectivity index (χ2n) is 12.8. The van der Waals surface area contributed by atoms with E-state index < -0.39 is 12.1 Å². The molecule has 0 aliphatic carbocycles. The molecular weight excluding hydrogens is 490 g/mol. The lowest BCUT2D eigenvalue weighted by atomic mass is 10.0. The van der Waals surface area contributed by atoms with Crippen LogP contribution in [0.25, 0.3) is 0 Å². The molecule has 0 rings (SSSR count). The Hall–Kier alpha value is -0.380. The van der Waals surface area contributed by atoms with Crippen LogP contribution in [0.4, 0.5) is 0 Å². The summed E-state index contributed by atoms with van der Waals surface area (Å²) in [6.45, 7) is 2.13. The fourth-order valence-electron chi connectivity index (χ4n) is 5.77. The number of aliphatic hydroxyl groups excluding tert-OH is 2. The van der Waals surface area contributed by atoms with Gasteiger partial charge >= 0.3 is 0 Å². The van der Waals surface area contributed by atoms with Crippen molar-refractivity contribution < 1.29 is 10.2 Å². The van der Waals surface area contributed by atoms with Crippen molar-refractivity contribution in [2.75, 3.05) is 6.61 Å². The Balaban J connectivity index is 3.10. The van der Waals surface area contributed by atoms with E-state index in [4.69, 9.17) is 10.8 Å². The van der Waals surface area contributed by atoms with Gasteiger partial charge in [0.05, 0.1) is 18.8 Å². The Morgan fingerprint density at radius 1 is 0.450 bits per heavy atom. The van der Waals surface area contributed by atoms with Gasteiger partial charge in [-0.15, -0.1) is 0 Å². The van der Waals surface area contributed by atoms with E-state index in [2.05, 4.69) is 6.92 Å². The van der Waals surface area contributed by atoms with Crippen LogP contribution in [-0.4, -0.2) is 29.0 Å². The van der Waals surface area contributed by atoms with Gasteiger partial charge in [0.2, 0.25) is 0 Å². The Bertz CT molecular complexity index is 481. The zero-order valence-corrected chi connectivity index (χ0v) is 27.4. The first-order chi connectivity index (χ1) is 19.7. The van der Waals surface area contributed by atoms with Crippen molar-refractivity contribution in [2.24, 2.45) is 5.73 Å². The summed E-state index contributed by atoms with van der Waals surface area (Å²) in [5, 5.41) is 18.6. The first-order valence-corrected chi connectivity index (χ1v) is 18.4. The van der Waals surface area contributed by atoms with Gasteiger partial charge in [-0.2, -0.15) is 0 Å². The van der Waals surface area contributed by atoms with E-state index in [0.717, 1.165) is 6.42 Å². The Kier molecular flexibility index (Phi) is 34.5. The third-order valence-corrected chi connectivity index (χ3v) is 8.71. The number of hydrogen-bond acceptors (Lipinski definition) is 3. The molecule has 0 fully saturated rings. The zero-order valence-electron chi connectivity index (χ0n) is 27.4. The molecule has 0 aromatic heterocycles. The number of allylic oxidation sites excluding steroid dienone is 1. The molecule has 0 bridgehead atoms. The van der Waals surface area contributed by atoms with Crippen molar-refractivity contribution in [3.63, 3.8) is 0 Å². The average Bonchev–Trinajstić information content (AvgIpc) is 2.97. The summed E-state index contributed by atoms with van der Waals surface area (Å²) < 4.78 is 0. The highest BCUT2D eigenvalue weighted by Gasteiger charge is 2.08. The summed E-state index contributed by atoms with van der Waals surface area (Å²) in [7, 11) is 0. The molecule has 0 radical (unpaired) electrons. The molecule has 4 N–H and O–H groups in total. The van der Waals surface area contributed by atoms with Gasteiger partial charge in [-0.1, -0.05) is 205 Å². The van der Waals surface area contributed by atoms with Gasteiger partial charge in [0, 0.05) is 0 Å². The van der Waals surface area contributed by atoms with Gasteiger partial charge in [0.1, 0.15) is 0 Å². The number of nitrogens with two attached hydrogens (primary N) is 1. The number of aliphatic hydroxyl groups is 2. The van der Waals surface area contributed by atoms with Gasteiger partial charge in [-0.3, -0.25) is 0 Å². The SMILES string of the molecule is CCCCCCCCCCCCCCCCCCCCCCCCCCCCCCCC/C=C/[C@@H](O)[C@@H](N)CO. The third kappa shape index (κ3) is 32.1. The lowest BCUT2D eigenvalue weighted by Gasteiger charge is -2.11. The van der Waals surface area contributed by atoms with E-state index in [1.807, 2.05) is 6.08 Å². The number of hydrogen-bond donors (Lipinski definition) is 3. The molecule has 0 saturated carbocycles. The van der Waals surface area contributed by atoms with E-state index in [9.17, 15) is 5.11 Å². The highest BCUT2D eigenvalue weighted by atomic mass is 16.3. The molecule has 3 heteroatoms. The number of unbranched alkanes of at least 4 members (excludes halogenated alkanes) is 30. The summed E-state index contributed by atoms with van der Waals surface area (Å²) >= 11 is 0. The molecule has 0 heterocycles. The lowest BCUT2D eigenvalue weighted by Crippen LogP contribution is -2.36. The van der Waals surface area contributed by atoms with Crippen molar-refractivity contribution in [3.8, 4) is 0 Å². The molecule has 0 unspecified atom stereocenters. The summed E-state index contributed by atoms with van der Waals surface area (Å²) in [6, 6.07) is -0.560. The second-order valence-corrected chi connectivity index (χ2v) is 12.8. The van der Waals surface area contributed by atoms with Crippen LogP contribution in [0, 0.1) is 0 Å². The van der Waals surface area contributed by atoms with Gasteiger partial charge in [-0.25, -0.2) is 0 Å². The fraction of sp³-hybridized carbons (Fsp3) is 0.946. The molecule has 0 aliphatic rings. The first-order valence-electron chi connectivity index (χ1n) is 18.4. The molecule has 0 spiro atoms. The maximum absolute atomic E-state index is 9.66. The predicted octanol–water partition coefficient (Wildman–Crippen LogP) is 11.3. The Morgan fingerprint density at radius 2 is 0.700 bits per heavy atom. The predicted molar refractivity (Wildman–Crippen MR) is 179 cm³/mol. The molecule has 0 aromatic rings. The Morgan fingerprint density at radius 3 is 0.950 bits per heavy atom. The average molecular weight is 566 g/mol. The largest absolute Gasteiger partial charge is 0.395 e. The van der Waals surface area contributed by atoms with Crippen molar-refractivity contribution in [1.29, 1.82) is 0 Å². The van der Waals surface area contributed by atoms with Crippen LogP contribution in [0.3, 0.4) is 0 Å². The molecule has 0 amide bonds. The van der Waals surface area contributed by atoms with Crippen LogP contribution in [0.15, 0.2) is 12.2 Å². The normalized spacial score (nSPS) is 13.4. The van der Waals surface area contributed by atoms with Gasteiger partial charge in [0.15, 0.2) is 0 Å². The molecule has 2 atom stereocenters. The van der Waals surface area contributed by atoms with E-state index in [1.165, 1.54) is 193 Å². The van der Waals surface area contributed by atoms with E-state index >= 15 is 0 Å². The highest BCUT2D eigenvalue weighted by Crippen LogP contribution is 2.16. The second kappa shape index (κ2) is 34.8. The Labute approximate surface area is 252 Å². The van der Waals surface area contributed by atoms with E-state index in [-0.39, 0.29) is 6.61 Å². The molecule has 240 valence electrons.